The van der Waals surface area contributed by atoms with Gasteiger partial charge in [-0.3, -0.25) is 9.78 Å². The van der Waals surface area contributed by atoms with Crippen molar-refractivity contribution in [3.05, 3.63) is 92.6 Å². The van der Waals surface area contributed by atoms with E-state index in [1.807, 2.05) is 42.1 Å². The zero-order chi connectivity index (χ0) is 19.7. The van der Waals surface area contributed by atoms with Crippen LogP contribution in [0.3, 0.4) is 0 Å². The quantitative estimate of drug-likeness (QED) is 0.504. The van der Waals surface area contributed by atoms with E-state index < -0.39 is 11.2 Å². The third-order valence-electron chi connectivity index (χ3n) is 4.42. The summed E-state index contributed by atoms with van der Waals surface area (Å²) >= 11 is 0. The molecule has 0 saturated carbocycles. The number of nitrogens with zero attached hydrogens (tertiary/aromatic N) is 3. The Hall–Kier alpha value is -3.94. The van der Waals surface area contributed by atoms with E-state index in [1.54, 1.807) is 18.2 Å². The zero-order valence-corrected chi connectivity index (χ0v) is 15.0. The van der Waals surface area contributed by atoms with Crippen LogP contribution in [0.4, 0.5) is 0 Å². The van der Waals surface area contributed by atoms with Gasteiger partial charge in [0, 0.05) is 18.6 Å². The Balaban J connectivity index is 1.68. The lowest BCUT2D eigenvalue weighted by atomic mass is 10.1. The molecular formula is C20H17N5O3. The zero-order valence-electron chi connectivity index (χ0n) is 15.0. The number of rotatable bonds is 4. The number of aryl methyl sites for hydroxylation is 1. The van der Waals surface area contributed by atoms with Crippen molar-refractivity contribution in [3.8, 4) is 22.7 Å². The largest absolute Gasteiger partial charge is 0.508 e. The summed E-state index contributed by atoms with van der Waals surface area (Å²) in [5.74, 6) is 0.240. The van der Waals surface area contributed by atoms with Gasteiger partial charge in [0.05, 0.1) is 16.9 Å². The van der Waals surface area contributed by atoms with Crippen LogP contribution in [-0.4, -0.2) is 29.8 Å². The Labute approximate surface area is 159 Å². The smallest absolute Gasteiger partial charge is 0.325 e. The van der Waals surface area contributed by atoms with E-state index in [9.17, 15) is 14.7 Å². The first kappa shape index (κ1) is 17.5. The fourth-order valence-electron chi connectivity index (χ4n) is 2.98. The van der Waals surface area contributed by atoms with Gasteiger partial charge in [0.2, 0.25) is 0 Å². The lowest BCUT2D eigenvalue weighted by Gasteiger charge is -2.08. The van der Waals surface area contributed by atoms with Crippen LogP contribution in [0.25, 0.3) is 16.9 Å². The van der Waals surface area contributed by atoms with Crippen molar-refractivity contribution in [1.82, 2.24) is 24.7 Å². The van der Waals surface area contributed by atoms with Crippen molar-refractivity contribution in [1.29, 1.82) is 0 Å². The predicted molar refractivity (Wildman–Crippen MR) is 104 cm³/mol. The van der Waals surface area contributed by atoms with Gasteiger partial charge in [-0.2, -0.15) is 5.10 Å². The SMILES string of the molecule is Cc1nnc(-c2c[nH]c(=O)[nH]c2=O)cc1-n1ccc(Cc2ccc(O)cc2)c1. The van der Waals surface area contributed by atoms with E-state index >= 15 is 0 Å². The van der Waals surface area contributed by atoms with Gasteiger partial charge in [0.1, 0.15) is 11.4 Å². The molecule has 0 aliphatic heterocycles. The maximum atomic E-state index is 12.0. The van der Waals surface area contributed by atoms with Crippen molar-refractivity contribution in [3.63, 3.8) is 0 Å². The molecule has 0 unspecified atom stereocenters. The van der Waals surface area contributed by atoms with E-state index in [2.05, 4.69) is 20.2 Å². The molecule has 3 heterocycles. The molecule has 0 saturated heterocycles. The fourth-order valence-corrected chi connectivity index (χ4v) is 2.98. The molecule has 0 fully saturated rings. The van der Waals surface area contributed by atoms with Crippen LogP contribution in [-0.2, 0) is 6.42 Å². The van der Waals surface area contributed by atoms with Gasteiger partial charge in [0.25, 0.3) is 5.56 Å². The molecule has 0 bridgehead atoms. The minimum absolute atomic E-state index is 0.240. The minimum Gasteiger partial charge on any atom is -0.508 e. The molecule has 0 aliphatic carbocycles. The van der Waals surface area contributed by atoms with E-state index in [0.717, 1.165) is 23.2 Å². The number of hydrogen-bond donors (Lipinski definition) is 3. The molecule has 0 amide bonds. The molecule has 3 N–H and O–H groups in total. The molecule has 140 valence electrons. The number of phenolic OH excluding ortho intramolecular Hbond substituents is 1. The highest BCUT2D eigenvalue weighted by Gasteiger charge is 2.11. The molecule has 8 heteroatoms. The van der Waals surface area contributed by atoms with Crippen LogP contribution >= 0.6 is 0 Å². The number of aromatic hydroxyl groups is 1. The molecule has 1 aromatic carbocycles. The number of aromatic amines is 2. The fraction of sp³-hybridized carbons (Fsp3) is 0.100. The second-order valence-corrected chi connectivity index (χ2v) is 6.46. The van der Waals surface area contributed by atoms with Gasteiger partial charge in [-0.25, -0.2) is 4.79 Å². The summed E-state index contributed by atoms with van der Waals surface area (Å²) in [6, 6.07) is 10.8. The van der Waals surface area contributed by atoms with Crippen LogP contribution in [0.5, 0.6) is 5.75 Å². The molecule has 0 radical (unpaired) electrons. The first-order chi connectivity index (χ1) is 13.5. The highest BCUT2D eigenvalue weighted by Crippen LogP contribution is 2.20. The van der Waals surface area contributed by atoms with Gasteiger partial charge in [-0.15, -0.1) is 5.10 Å². The Morgan fingerprint density at radius 2 is 1.86 bits per heavy atom. The van der Waals surface area contributed by atoms with Gasteiger partial charge in [-0.1, -0.05) is 12.1 Å². The number of nitrogens with one attached hydrogen (secondary N) is 2. The molecule has 4 rings (SSSR count). The van der Waals surface area contributed by atoms with Crippen molar-refractivity contribution >= 4 is 0 Å². The third kappa shape index (κ3) is 3.48. The number of H-pyrrole nitrogens is 2. The van der Waals surface area contributed by atoms with E-state index in [4.69, 9.17) is 0 Å². The van der Waals surface area contributed by atoms with Crippen LogP contribution in [0.1, 0.15) is 16.8 Å². The third-order valence-corrected chi connectivity index (χ3v) is 4.42. The molecule has 4 aromatic rings. The van der Waals surface area contributed by atoms with Crippen molar-refractivity contribution in [2.24, 2.45) is 0 Å². The highest BCUT2D eigenvalue weighted by atomic mass is 16.3. The van der Waals surface area contributed by atoms with Crippen molar-refractivity contribution in [2.45, 2.75) is 13.3 Å². The van der Waals surface area contributed by atoms with E-state index in [1.165, 1.54) is 6.20 Å². The summed E-state index contributed by atoms with van der Waals surface area (Å²) < 4.78 is 1.92. The highest BCUT2D eigenvalue weighted by molar-refractivity contribution is 5.59. The normalized spacial score (nSPS) is 10.9. The van der Waals surface area contributed by atoms with Gasteiger partial charge in [0.15, 0.2) is 0 Å². The molecule has 0 atom stereocenters. The molecular weight excluding hydrogens is 358 g/mol. The molecule has 3 aromatic heterocycles. The summed E-state index contributed by atoms with van der Waals surface area (Å²) in [5.41, 5.74) is 3.18. The Kier molecular flexibility index (Phi) is 4.36. The summed E-state index contributed by atoms with van der Waals surface area (Å²) in [6.07, 6.45) is 5.95. The number of benzene rings is 1. The number of aromatic nitrogens is 5. The summed E-state index contributed by atoms with van der Waals surface area (Å²) in [4.78, 5) is 27.9. The Bertz CT molecular complexity index is 1250. The maximum absolute atomic E-state index is 12.0. The van der Waals surface area contributed by atoms with E-state index in [-0.39, 0.29) is 11.3 Å². The second kappa shape index (κ2) is 6.99. The topological polar surface area (TPSA) is 117 Å². The summed E-state index contributed by atoms with van der Waals surface area (Å²) in [6.45, 7) is 1.84. The first-order valence-electron chi connectivity index (χ1n) is 8.61. The Morgan fingerprint density at radius 1 is 1.07 bits per heavy atom. The number of phenols is 1. The molecule has 28 heavy (non-hydrogen) atoms. The van der Waals surface area contributed by atoms with Gasteiger partial charge >= 0.3 is 5.69 Å². The lowest BCUT2D eigenvalue weighted by molar-refractivity contribution is 0.475. The monoisotopic (exact) mass is 375 g/mol. The average Bonchev–Trinajstić information content (AvgIpc) is 3.13. The minimum atomic E-state index is -0.571. The van der Waals surface area contributed by atoms with Crippen molar-refractivity contribution < 1.29 is 5.11 Å². The first-order valence-corrected chi connectivity index (χ1v) is 8.61. The molecule has 0 spiro atoms. The van der Waals surface area contributed by atoms with Crippen LogP contribution in [0.15, 0.2) is 64.6 Å². The van der Waals surface area contributed by atoms with Gasteiger partial charge in [-0.05, 0) is 48.7 Å². The maximum Gasteiger partial charge on any atom is 0.325 e. The predicted octanol–water partition coefficient (Wildman–Crippen LogP) is 1.92. The molecule has 8 nitrogen and oxygen atoms in total. The Morgan fingerprint density at radius 3 is 2.61 bits per heavy atom. The average molecular weight is 375 g/mol. The number of hydrogen-bond acceptors (Lipinski definition) is 5. The standard InChI is InChI=1S/C20H17N5O3/c1-12-18(9-17(24-23-12)16-10-21-20(28)22-19(16)27)25-7-6-14(11-25)8-13-2-4-15(26)5-3-13/h2-7,9-11,26H,8H2,1H3,(H2,21,22,27,28). The van der Waals surface area contributed by atoms with Crippen LogP contribution in [0, 0.1) is 6.92 Å². The van der Waals surface area contributed by atoms with E-state index in [0.29, 0.717) is 11.4 Å². The molecule has 0 aliphatic rings. The van der Waals surface area contributed by atoms with Crippen LogP contribution < -0.4 is 11.2 Å². The van der Waals surface area contributed by atoms with Crippen LogP contribution in [0.2, 0.25) is 0 Å². The summed E-state index contributed by atoms with van der Waals surface area (Å²) in [7, 11) is 0. The van der Waals surface area contributed by atoms with Crippen molar-refractivity contribution in [2.75, 3.05) is 0 Å². The lowest BCUT2D eigenvalue weighted by Crippen LogP contribution is -2.23. The second-order valence-electron chi connectivity index (χ2n) is 6.46. The van der Waals surface area contributed by atoms with Gasteiger partial charge < -0.3 is 14.7 Å². The summed E-state index contributed by atoms with van der Waals surface area (Å²) in [5, 5.41) is 17.6.